The van der Waals surface area contributed by atoms with Crippen molar-refractivity contribution in [1.82, 2.24) is 10.6 Å². The van der Waals surface area contributed by atoms with Crippen molar-refractivity contribution in [1.29, 1.82) is 0 Å². The Morgan fingerprint density at radius 1 is 1.33 bits per heavy atom. The van der Waals surface area contributed by atoms with Gasteiger partial charge < -0.3 is 15.4 Å². The predicted molar refractivity (Wildman–Crippen MR) is 83.1 cm³/mol. The van der Waals surface area contributed by atoms with Crippen LogP contribution in [0.1, 0.15) is 47.0 Å². The third-order valence-corrected chi connectivity index (χ3v) is 4.52. The number of hydrogen-bond donors (Lipinski definition) is 2. The van der Waals surface area contributed by atoms with Gasteiger partial charge in [-0.1, -0.05) is 0 Å². The van der Waals surface area contributed by atoms with Crippen molar-refractivity contribution >= 4 is 15.9 Å². The minimum atomic E-state index is -3.00. The molecule has 1 aliphatic rings. The first-order valence-electron chi connectivity index (χ1n) is 7.33. The third kappa shape index (κ3) is 7.13. The summed E-state index contributed by atoms with van der Waals surface area (Å²) in [5.74, 6) is 0.0928. The molecule has 1 aliphatic carbocycles. The maximum absolute atomic E-state index is 11.9. The smallest absolute Gasteiger partial charge is 0.408 e. The SMILES string of the molecule is CC(CS(C)(=O)=O)NCC1(NC(=O)OC(C)(C)C)CCC1. The number of rotatable bonds is 6. The quantitative estimate of drug-likeness (QED) is 0.774. The van der Waals surface area contributed by atoms with Gasteiger partial charge in [0.2, 0.25) is 0 Å². The van der Waals surface area contributed by atoms with Crippen LogP contribution in [-0.4, -0.2) is 50.2 Å². The van der Waals surface area contributed by atoms with Crippen LogP contribution in [0.25, 0.3) is 0 Å². The summed E-state index contributed by atoms with van der Waals surface area (Å²) in [6.45, 7) is 7.87. The highest BCUT2D eigenvalue weighted by Crippen LogP contribution is 2.31. The predicted octanol–water partition coefficient (Wildman–Crippen LogP) is 1.46. The lowest BCUT2D eigenvalue weighted by Crippen LogP contribution is -2.61. The lowest BCUT2D eigenvalue weighted by molar-refractivity contribution is 0.0380. The second-order valence-electron chi connectivity index (χ2n) is 7.14. The Labute approximate surface area is 127 Å². The number of amides is 1. The molecule has 21 heavy (non-hydrogen) atoms. The van der Waals surface area contributed by atoms with E-state index in [1.54, 1.807) is 0 Å². The first-order valence-corrected chi connectivity index (χ1v) is 9.39. The summed E-state index contributed by atoms with van der Waals surface area (Å²) in [7, 11) is -3.00. The maximum atomic E-state index is 11.9. The molecule has 1 rings (SSSR count). The largest absolute Gasteiger partial charge is 0.444 e. The van der Waals surface area contributed by atoms with E-state index in [4.69, 9.17) is 4.74 Å². The van der Waals surface area contributed by atoms with Crippen LogP contribution in [0.3, 0.4) is 0 Å². The van der Waals surface area contributed by atoms with Gasteiger partial charge in [0, 0.05) is 18.8 Å². The van der Waals surface area contributed by atoms with Crippen molar-refractivity contribution < 1.29 is 17.9 Å². The highest BCUT2D eigenvalue weighted by atomic mass is 32.2. The molecule has 1 atom stereocenters. The summed E-state index contributed by atoms with van der Waals surface area (Å²) in [4.78, 5) is 11.9. The molecule has 2 N–H and O–H groups in total. The van der Waals surface area contributed by atoms with E-state index in [0.29, 0.717) is 6.54 Å². The molecule has 0 spiro atoms. The number of ether oxygens (including phenoxy) is 1. The molecule has 0 bridgehead atoms. The van der Waals surface area contributed by atoms with Crippen LogP contribution in [0.5, 0.6) is 0 Å². The molecule has 7 heteroatoms. The molecule has 124 valence electrons. The van der Waals surface area contributed by atoms with Crippen LogP contribution < -0.4 is 10.6 Å². The van der Waals surface area contributed by atoms with Crippen LogP contribution in [0.2, 0.25) is 0 Å². The molecule has 1 fully saturated rings. The Balaban J connectivity index is 2.48. The van der Waals surface area contributed by atoms with Crippen molar-refractivity contribution in [3.8, 4) is 0 Å². The average molecular weight is 320 g/mol. The minimum Gasteiger partial charge on any atom is -0.444 e. The number of nitrogens with one attached hydrogen (secondary N) is 2. The molecule has 1 unspecified atom stereocenters. The summed E-state index contributed by atoms with van der Waals surface area (Å²) in [6, 6.07) is -0.141. The Bertz CT molecular complexity index is 464. The van der Waals surface area contributed by atoms with Gasteiger partial charge in [-0.3, -0.25) is 0 Å². The Morgan fingerprint density at radius 3 is 2.29 bits per heavy atom. The molecule has 1 amide bonds. The average Bonchev–Trinajstić information content (AvgIpc) is 2.16. The Kier molecular flexibility index (Phi) is 5.66. The van der Waals surface area contributed by atoms with E-state index >= 15 is 0 Å². The van der Waals surface area contributed by atoms with E-state index in [1.165, 1.54) is 6.26 Å². The molecular weight excluding hydrogens is 292 g/mol. The van der Waals surface area contributed by atoms with Crippen LogP contribution in [0.4, 0.5) is 4.79 Å². The van der Waals surface area contributed by atoms with Crippen LogP contribution in [0.15, 0.2) is 0 Å². The van der Waals surface area contributed by atoms with E-state index in [9.17, 15) is 13.2 Å². The zero-order valence-electron chi connectivity index (χ0n) is 13.7. The van der Waals surface area contributed by atoms with E-state index in [2.05, 4.69) is 10.6 Å². The van der Waals surface area contributed by atoms with Crippen LogP contribution in [0, 0.1) is 0 Å². The van der Waals surface area contributed by atoms with Gasteiger partial charge in [0.15, 0.2) is 0 Å². The van der Waals surface area contributed by atoms with Crippen molar-refractivity contribution in [3.05, 3.63) is 0 Å². The first-order chi connectivity index (χ1) is 9.41. The maximum Gasteiger partial charge on any atom is 0.408 e. The number of hydrogen-bond acceptors (Lipinski definition) is 5. The van der Waals surface area contributed by atoms with Crippen LogP contribution in [-0.2, 0) is 14.6 Å². The van der Waals surface area contributed by atoms with Crippen LogP contribution >= 0.6 is 0 Å². The van der Waals surface area contributed by atoms with Crippen molar-refractivity contribution in [3.63, 3.8) is 0 Å². The number of carbonyl (C=O) groups is 1. The molecule has 0 aromatic carbocycles. The van der Waals surface area contributed by atoms with E-state index in [1.807, 2.05) is 27.7 Å². The number of sulfone groups is 1. The molecule has 0 radical (unpaired) electrons. The normalized spacial score (nSPS) is 19.5. The summed E-state index contributed by atoms with van der Waals surface area (Å²) in [5.41, 5.74) is -0.833. The first kappa shape index (κ1) is 18.2. The fraction of sp³-hybridized carbons (Fsp3) is 0.929. The molecule has 6 nitrogen and oxygen atoms in total. The summed E-state index contributed by atoms with van der Waals surface area (Å²) >= 11 is 0. The van der Waals surface area contributed by atoms with Crippen molar-refractivity contribution in [2.75, 3.05) is 18.6 Å². The van der Waals surface area contributed by atoms with Gasteiger partial charge in [-0.2, -0.15) is 0 Å². The second kappa shape index (κ2) is 6.52. The standard InChI is InChI=1S/C14H28N2O4S/c1-11(9-21(5,18)19)15-10-14(7-6-8-14)16-12(17)20-13(2,3)4/h11,15H,6-10H2,1-5H3,(H,16,17). The monoisotopic (exact) mass is 320 g/mol. The highest BCUT2D eigenvalue weighted by Gasteiger charge is 2.39. The number of alkyl carbamates (subject to hydrolysis) is 1. The summed E-state index contributed by atoms with van der Waals surface area (Å²) in [5, 5.41) is 6.13. The van der Waals surface area contributed by atoms with Gasteiger partial charge in [0.05, 0.1) is 11.3 Å². The topological polar surface area (TPSA) is 84.5 Å². The summed E-state index contributed by atoms with van der Waals surface area (Å²) < 4.78 is 27.8. The summed E-state index contributed by atoms with van der Waals surface area (Å²) in [6.07, 6.45) is 3.62. The molecular formula is C14H28N2O4S. The van der Waals surface area contributed by atoms with Gasteiger partial charge in [0.1, 0.15) is 15.4 Å². The lowest BCUT2D eigenvalue weighted by Gasteiger charge is -2.43. The number of carbonyl (C=O) groups excluding carboxylic acids is 1. The van der Waals surface area contributed by atoms with E-state index in [-0.39, 0.29) is 17.3 Å². The van der Waals surface area contributed by atoms with Gasteiger partial charge in [-0.15, -0.1) is 0 Å². The van der Waals surface area contributed by atoms with Gasteiger partial charge in [-0.25, -0.2) is 13.2 Å². The molecule has 0 aromatic rings. The van der Waals surface area contributed by atoms with Crippen molar-refractivity contribution in [2.45, 2.75) is 64.1 Å². The zero-order valence-corrected chi connectivity index (χ0v) is 14.5. The Hall–Kier alpha value is -0.820. The van der Waals surface area contributed by atoms with Gasteiger partial charge >= 0.3 is 6.09 Å². The van der Waals surface area contributed by atoms with E-state index < -0.39 is 21.5 Å². The third-order valence-electron chi connectivity index (χ3n) is 3.42. The second-order valence-corrected chi connectivity index (χ2v) is 9.32. The molecule has 1 saturated carbocycles. The van der Waals surface area contributed by atoms with Crippen molar-refractivity contribution in [2.24, 2.45) is 0 Å². The fourth-order valence-corrected chi connectivity index (χ4v) is 3.38. The minimum absolute atomic E-state index is 0.0928. The van der Waals surface area contributed by atoms with Gasteiger partial charge in [-0.05, 0) is 47.0 Å². The molecule has 0 saturated heterocycles. The molecule has 0 aliphatic heterocycles. The Morgan fingerprint density at radius 2 is 1.90 bits per heavy atom. The fourth-order valence-electron chi connectivity index (χ4n) is 2.35. The molecule has 0 heterocycles. The lowest BCUT2D eigenvalue weighted by atomic mass is 9.76. The highest BCUT2D eigenvalue weighted by molar-refractivity contribution is 7.90. The molecule has 0 aromatic heterocycles. The van der Waals surface area contributed by atoms with E-state index in [0.717, 1.165) is 19.3 Å². The van der Waals surface area contributed by atoms with Gasteiger partial charge in [0.25, 0.3) is 0 Å². The zero-order chi connectivity index (χ0) is 16.3.